The fraction of sp³-hybridized carbons (Fsp3) is 0.214. The summed E-state index contributed by atoms with van der Waals surface area (Å²) in [7, 11) is 0. The number of nitrogens with zero attached hydrogens (tertiary/aromatic N) is 2. The lowest BCUT2D eigenvalue weighted by Crippen LogP contribution is -2.19. The van der Waals surface area contributed by atoms with Gasteiger partial charge in [0.15, 0.2) is 6.61 Å². The van der Waals surface area contributed by atoms with Crippen LogP contribution in [0.3, 0.4) is 0 Å². The first kappa shape index (κ1) is 17.8. The summed E-state index contributed by atoms with van der Waals surface area (Å²) >= 11 is 5.72. The van der Waals surface area contributed by atoms with Crippen molar-refractivity contribution in [3.05, 3.63) is 57.2 Å². The molecule has 0 aliphatic rings. The van der Waals surface area contributed by atoms with Gasteiger partial charge < -0.3 is 10.1 Å². The van der Waals surface area contributed by atoms with E-state index in [1.165, 1.54) is 36.5 Å². The zero-order valence-electron chi connectivity index (χ0n) is 12.0. The molecule has 0 aliphatic heterocycles. The molecule has 0 aliphatic carbocycles. The fourth-order valence-corrected chi connectivity index (χ4v) is 1.93. The molecule has 0 spiro atoms. The molecule has 128 valence electrons. The van der Waals surface area contributed by atoms with Gasteiger partial charge in [-0.05, 0) is 17.7 Å². The van der Waals surface area contributed by atoms with E-state index >= 15 is 0 Å². The van der Waals surface area contributed by atoms with Crippen molar-refractivity contribution >= 4 is 23.0 Å². The maximum absolute atomic E-state index is 12.0. The smallest absolute Gasteiger partial charge is 0.422 e. The number of halogens is 4. The van der Waals surface area contributed by atoms with Crippen LogP contribution in [-0.2, 0) is 6.54 Å². The Hall–Kier alpha value is -2.55. The number of anilines is 1. The third kappa shape index (κ3) is 5.27. The van der Waals surface area contributed by atoms with E-state index in [0.29, 0.717) is 5.56 Å². The molecule has 0 amide bonds. The molecule has 10 heteroatoms. The molecule has 1 aromatic heterocycles. The van der Waals surface area contributed by atoms with Crippen molar-refractivity contribution in [2.45, 2.75) is 12.7 Å². The third-order valence-corrected chi connectivity index (χ3v) is 3.06. The second-order valence-corrected chi connectivity index (χ2v) is 5.12. The number of alkyl halides is 3. The number of hydrogen-bond acceptors (Lipinski definition) is 5. The van der Waals surface area contributed by atoms with Crippen molar-refractivity contribution in [1.82, 2.24) is 4.98 Å². The lowest BCUT2D eigenvalue weighted by Gasteiger charge is -2.10. The second-order valence-electron chi connectivity index (χ2n) is 4.68. The van der Waals surface area contributed by atoms with Gasteiger partial charge in [0.05, 0.1) is 4.92 Å². The molecule has 0 atom stereocenters. The first-order valence-electron chi connectivity index (χ1n) is 6.57. The van der Waals surface area contributed by atoms with Crippen LogP contribution in [-0.4, -0.2) is 22.7 Å². The number of benzene rings is 1. The summed E-state index contributed by atoms with van der Waals surface area (Å²) in [5, 5.41) is 14.1. The molecular formula is C14H11ClF3N3O3. The predicted molar refractivity (Wildman–Crippen MR) is 81.2 cm³/mol. The summed E-state index contributed by atoms with van der Waals surface area (Å²) in [6.07, 6.45) is -3.12. The van der Waals surface area contributed by atoms with Gasteiger partial charge in [-0.25, -0.2) is 4.98 Å². The SMILES string of the molecule is O=[N+]([O-])c1cc(Cl)ccc1NCc1ccc(OCC(F)(F)F)nc1. The number of hydrogen-bond donors (Lipinski definition) is 1. The van der Waals surface area contributed by atoms with Crippen LogP contribution >= 0.6 is 11.6 Å². The summed E-state index contributed by atoms with van der Waals surface area (Å²) < 4.78 is 40.6. The number of aromatic nitrogens is 1. The van der Waals surface area contributed by atoms with Gasteiger partial charge in [-0.1, -0.05) is 17.7 Å². The Morgan fingerprint density at radius 3 is 2.62 bits per heavy atom. The van der Waals surface area contributed by atoms with E-state index in [-0.39, 0.29) is 28.8 Å². The molecular weight excluding hydrogens is 351 g/mol. The van der Waals surface area contributed by atoms with E-state index in [1.54, 1.807) is 0 Å². The highest BCUT2D eigenvalue weighted by Crippen LogP contribution is 2.28. The van der Waals surface area contributed by atoms with E-state index in [1.807, 2.05) is 0 Å². The number of nitrogens with one attached hydrogen (secondary N) is 1. The quantitative estimate of drug-likeness (QED) is 0.616. The molecule has 1 N–H and O–H groups in total. The maximum Gasteiger partial charge on any atom is 0.422 e. The predicted octanol–water partition coefficient (Wildman–Crippen LogP) is 4.20. The second kappa shape index (κ2) is 7.35. The van der Waals surface area contributed by atoms with Gasteiger partial charge >= 0.3 is 6.18 Å². The molecule has 6 nitrogen and oxygen atoms in total. The molecule has 0 saturated heterocycles. The zero-order valence-corrected chi connectivity index (χ0v) is 12.8. The summed E-state index contributed by atoms with van der Waals surface area (Å²) in [5.74, 6) is -0.159. The largest absolute Gasteiger partial charge is 0.468 e. The minimum absolute atomic E-state index is 0.159. The van der Waals surface area contributed by atoms with Gasteiger partial charge in [0.1, 0.15) is 5.69 Å². The highest BCUT2D eigenvalue weighted by molar-refractivity contribution is 6.30. The number of nitro groups is 1. The molecule has 0 radical (unpaired) electrons. The molecule has 0 fully saturated rings. The van der Waals surface area contributed by atoms with Gasteiger partial charge in [0.2, 0.25) is 5.88 Å². The number of ether oxygens (including phenoxy) is 1. The van der Waals surface area contributed by atoms with Crippen molar-refractivity contribution < 1.29 is 22.8 Å². The zero-order chi connectivity index (χ0) is 17.7. The topological polar surface area (TPSA) is 77.3 Å². The van der Waals surface area contributed by atoms with Crippen LogP contribution in [0.2, 0.25) is 5.02 Å². The van der Waals surface area contributed by atoms with Crippen molar-refractivity contribution in [3.63, 3.8) is 0 Å². The van der Waals surface area contributed by atoms with Crippen molar-refractivity contribution in [2.75, 3.05) is 11.9 Å². The Kier molecular flexibility index (Phi) is 5.45. The highest BCUT2D eigenvalue weighted by Gasteiger charge is 2.28. The molecule has 0 saturated carbocycles. The van der Waals surface area contributed by atoms with Crippen LogP contribution in [0.25, 0.3) is 0 Å². The summed E-state index contributed by atoms with van der Waals surface area (Å²) in [4.78, 5) is 14.1. The van der Waals surface area contributed by atoms with Crippen LogP contribution in [0.15, 0.2) is 36.5 Å². The van der Waals surface area contributed by atoms with Gasteiger partial charge in [-0.3, -0.25) is 10.1 Å². The molecule has 1 heterocycles. The molecule has 24 heavy (non-hydrogen) atoms. The van der Waals surface area contributed by atoms with Crippen LogP contribution in [0.4, 0.5) is 24.5 Å². The minimum Gasteiger partial charge on any atom is -0.468 e. The van der Waals surface area contributed by atoms with Gasteiger partial charge in [0.25, 0.3) is 5.69 Å². The van der Waals surface area contributed by atoms with E-state index in [9.17, 15) is 23.3 Å². The van der Waals surface area contributed by atoms with Crippen molar-refractivity contribution in [3.8, 4) is 5.88 Å². The first-order valence-corrected chi connectivity index (χ1v) is 6.95. The van der Waals surface area contributed by atoms with E-state index < -0.39 is 17.7 Å². The summed E-state index contributed by atoms with van der Waals surface area (Å²) in [5.41, 5.74) is 0.695. The monoisotopic (exact) mass is 361 g/mol. The molecule has 2 rings (SSSR count). The van der Waals surface area contributed by atoms with Crippen molar-refractivity contribution in [2.24, 2.45) is 0 Å². The Balaban J connectivity index is 1.99. The van der Waals surface area contributed by atoms with E-state index in [2.05, 4.69) is 15.0 Å². The lowest BCUT2D eigenvalue weighted by atomic mass is 10.2. The Labute approximate surface area is 139 Å². The lowest BCUT2D eigenvalue weighted by molar-refractivity contribution is -0.383. The number of pyridine rings is 1. The molecule has 2 aromatic rings. The standard InChI is InChI=1S/C14H11ClF3N3O3/c15-10-2-3-11(12(5-10)21(22)23)19-6-9-1-4-13(20-7-9)24-8-14(16,17)18/h1-5,7,19H,6,8H2. The highest BCUT2D eigenvalue weighted by atomic mass is 35.5. The molecule has 1 aromatic carbocycles. The third-order valence-electron chi connectivity index (χ3n) is 2.82. The maximum atomic E-state index is 12.0. The average Bonchev–Trinajstić information content (AvgIpc) is 2.52. The van der Waals surface area contributed by atoms with Gasteiger partial charge in [-0.15, -0.1) is 0 Å². The molecule has 0 bridgehead atoms. The number of nitro benzene ring substituents is 1. The summed E-state index contributed by atoms with van der Waals surface area (Å²) in [6.45, 7) is -1.23. The Bertz CT molecular complexity index is 723. The normalized spacial score (nSPS) is 11.2. The van der Waals surface area contributed by atoms with E-state index in [4.69, 9.17) is 11.6 Å². The summed E-state index contributed by atoms with van der Waals surface area (Å²) in [6, 6.07) is 6.99. The Morgan fingerprint density at radius 1 is 1.29 bits per heavy atom. The van der Waals surface area contributed by atoms with Crippen LogP contribution in [0, 0.1) is 10.1 Å². The Morgan fingerprint density at radius 2 is 2.04 bits per heavy atom. The van der Waals surface area contributed by atoms with Crippen LogP contribution in [0.5, 0.6) is 5.88 Å². The van der Waals surface area contributed by atoms with Crippen molar-refractivity contribution in [1.29, 1.82) is 0 Å². The van der Waals surface area contributed by atoms with Crippen LogP contribution < -0.4 is 10.1 Å². The van der Waals surface area contributed by atoms with Crippen LogP contribution in [0.1, 0.15) is 5.56 Å². The fourth-order valence-electron chi connectivity index (χ4n) is 1.76. The van der Waals surface area contributed by atoms with Gasteiger partial charge in [0, 0.05) is 29.9 Å². The average molecular weight is 362 g/mol. The van der Waals surface area contributed by atoms with Gasteiger partial charge in [-0.2, -0.15) is 13.2 Å². The number of rotatable bonds is 6. The minimum atomic E-state index is -4.44. The first-order chi connectivity index (χ1) is 11.2. The molecule has 0 unspecified atom stereocenters. The van der Waals surface area contributed by atoms with E-state index in [0.717, 1.165) is 0 Å².